The van der Waals surface area contributed by atoms with Crippen molar-refractivity contribution in [2.24, 2.45) is 7.05 Å². The quantitative estimate of drug-likeness (QED) is 0.729. The summed E-state index contributed by atoms with van der Waals surface area (Å²) < 4.78 is 77.4. The standard InChI is InChI=1S/C12H7F6N2/c1-20-10(4-5-19-20)7-2-3-8(11(13,14)15)9(6-7)12(16,17)18/h2-4,6H,1H3. The van der Waals surface area contributed by atoms with Crippen LogP contribution in [0.1, 0.15) is 11.1 Å². The van der Waals surface area contributed by atoms with Gasteiger partial charge in [0.25, 0.3) is 0 Å². The first-order valence-corrected chi connectivity index (χ1v) is 5.29. The Kier molecular flexibility index (Phi) is 3.27. The van der Waals surface area contributed by atoms with Crippen LogP contribution in [0.5, 0.6) is 0 Å². The number of aromatic nitrogens is 2. The van der Waals surface area contributed by atoms with Crippen molar-refractivity contribution in [3.8, 4) is 11.3 Å². The zero-order valence-electron chi connectivity index (χ0n) is 9.97. The highest BCUT2D eigenvalue weighted by atomic mass is 19.4. The molecule has 0 bridgehead atoms. The third-order valence-electron chi connectivity index (χ3n) is 2.68. The molecule has 0 aliphatic heterocycles. The Morgan fingerprint density at radius 3 is 2.05 bits per heavy atom. The van der Waals surface area contributed by atoms with Crippen molar-refractivity contribution in [3.63, 3.8) is 0 Å². The molecule has 0 spiro atoms. The first-order chi connectivity index (χ1) is 9.10. The minimum absolute atomic E-state index is 0.0124. The molecule has 20 heavy (non-hydrogen) atoms. The molecule has 1 aromatic carbocycles. The van der Waals surface area contributed by atoms with Gasteiger partial charge in [0.1, 0.15) is 6.20 Å². The zero-order chi connectivity index (χ0) is 15.1. The van der Waals surface area contributed by atoms with Crippen LogP contribution in [-0.4, -0.2) is 9.78 Å². The van der Waals surface area contributed by atoms with E-state index >= 15 is 0 Å². The number of alkyl halides is 6. The Hall–Kier alpha value is -1.99. The summed E-state index contributed by atoms with van der Waals surface area (Å²) in [5, 5.41) is 3.64. The molecule has 8 heteroatoms. The summed E-state index contributed by atoms with van der Waals surface area (Å²) in [6.45, 7) is 0. The smallest absolute Gasteiger partial charge is 0.267 e. The molecule has 0 aliphatic rings. The second-order valence-corrected chi connectivity index (χ2v) is 4.04. The number of halogens is 6. The monoisotopic (exact) mass is 293 g/mol. The van der Waals surface area contributed by atoms with E-state index in [1.807, 2.05) is 0 Å². The third kappa shape index (κ3) is 2.63. The lowest BCUT2D eigenvalue weighted by atomic mass is 10.0. The van der Waals surface area contributed by atoms with Crippen LogP contribution in [0.2, 0.25) is 0 Å². The van der Waals surface area contributed by atoms with E-state index in [4.69, 9.17) is 0 Å². The lowest BCUT2D eigenvalue weighted by Crippen LogP contribution is -2.16. The number of hydrogen-bond acceptors (Lipinski definition) is 1. The Balaban J connectivity index is 2.64. The molecule has 0 N–H and O–H groups in total. The van der Waals surface area contributed by atoms with Gasteiger partial charge in [-0.05, 0) is 18.2 Å². The minimum Gasteiger partial charge on any atom is -0.267 e. The van der Waals surface area contributed by atoms with Gasteiger partial charge in [-0.25, -0.2) is 0 Å². The fraction of sp³-hybridized carbons (Fsp3) is 0.250. The summed E-state index contributed by atoms with van der Waals surface area (Å²) in [7, 11) is 1.46. The van der Waals surface area contributed by atoms with Crippen LogP contribution in [0, 0.1) is 6.20 Å². The highest BCUT2D eigenvalue weighted by Crippen LogP contribution is 2.41. The van der Waals surface area contributed by atoms with Crippen molar-refractivity contribution in [1.29, 1.82) is 0 Å². The highest BCUT2D eigenvalue weighted by Gasteiger charge is 2.43. The number of rotatable bonds is 1. The number of aryl methyl sites for hydroxylation is 1. The van der Waals surface area contributed by atoms with Crippen LogP contribution in [0.25, 0.3) is 11.3 Å². The first-order valence-electron chi connectivity index (χ1n) is 5.29. The zero-order valence-corrected chi connectivity index (χ0v) is 9.97. The van der Waals surface area contributed by atoms with Gasteiger partial charge in [-0.1, -0.05) is 6.07 Å². The molecule has 0 amide bonds. The molecule has 1 aromatic heterocycles. The largest absolute Gasteiger partial charge is 0.417 e. The molecule has 0 atom stereocenters. The van der Waals surface area contributed by atoms with E-state index in [-0.39, 0.29) is 11.3 Å². The van der Waals surface area contributed by atoms with Gasteiger partial charge in [0.15, 0.2) is 0 Å². The summed E-state index contributed by atoms with van der Waals surface area (Å²) in [4.78, 5) is 0. The van der Waals surface area contributed by atoms with Crippen LogP contribution >= 0.6 is 0 Å². The molecule has 0 saturated heterocycles. The topological polar surface area (TPSA) is 17.8 Å². The van der Waals surface area contributed by atoms with E-state index in [9.17, 15) is 26.3 Å². The van der Waals surface area contributed by atoms with Crippen LogP contribution in [-0.2, 0) is 19.4 Å². The normalized spacial score (nSPS) is 12.8. The molecule has 107 valence electrons. The molecule has 2 nitrogen and oxygen atoms in total. The van der Waals surface area contributed by atoms with Gasteiger partial charge in [0.05, 0.1) is 16.8 Å². The molecular formula is C12H7F6N2. The van der Waals surface area contributed by atoms with E-state index < -0.39 is 23.5 Å². The molecule has 1 heterocycles. The van der Waals surface area contributed by atoms with Crippen molar-refractivity contribution in [2.75, 3.05) is 0 Å². The summed E-state index contributed by atoms with van der Waals surface area (Å²) in [6.07, 6.45) is -7.75. The van der Waals surface area contributed by atoms with E-state index in [0.29, 0.717) is 12.1 Å². The maximum Gasteiger partial charge on any atom is 0.417 e. The van der Waals surface area contributed by atoms with Crippen molar-refractivity contribution in [2.45, 2.75) is 12.4 Å². The Labute approximate surface area is 109 Å². The molecule has 0 saturated carbocycles. The average molecular weight is 293 g/mol. The number of nitrogens with zero attached hydrogens (tertiary/aromatic N) is 2. The van der Waals surface area contributed by atoms with Gasteiger partial charge in [-0.3, -0.25) is 4.68 Å². The van der Waals surface area contributed by atoms with Crippen molar-refractivity contribution < 1.29 is 26.3 Å². The lowest BCUT2D eigenvalue weighted by molar-refractivity contribution is -0.162. The van der Waals surface area contributed by atoms with Gasteiger partial charge in [-0.15, -0.1) is 0 Å². The molecule has 1 radical (unpaired) electrons. The molecule has 0 unspecified atom stereocenters. The lowest BCUT2D eigenvalue weighted by Gasteiger charge is -2.16. The van der Waals surface area contributed by atoms with E-state index in [1.165, 1.54) is 17.8 Å². The average Bonchev–Trinajstić information content (AvgIpc) is 2.72. The molecule has 2 aromatic rings. The van der Waals surface area contributed by atoms with Gasteiger partial charge >= 0.3 is 12.4 Å². The molecule has 0 fully saturated rings. The molecular weight excluding hydrogens is 286 g/mol. The number of hydrogen-bond donors (Lipinski definition) is 0. The summed E-state index contributed by atoms with van der Waals surface area (Å²) >= 11 is 0. The van der Waals surface area contributed by atoms with E-state index in [2.05, 4.69) is 11.3 Å². The van der Waals surface area contributed by atoms with Crippen LogP contribution in [0.4, 0.5) is 26.3 Å². The SMILES string of the molecule is Cn1n[c]cc1-c1ccc(C(F)(F)F)c(C(F)(F)F)c1. The van der Waals surface area contributed by atoms with Crippen LogP contribution < -0.4 is 0 Å². The maximum absolute atomic E-state index is 12.8. The van der Waals surface area contributed by atoms with Crippen LogP contribution in [0.15, 0.2) is 24.3 Å². The molecule has 0 aliphatic carbocycles. The summed E-state index contributed by atoms with van der Waals surface area (Å²) in [5.74, 6) is 0. The Bertz CT molecular complexity index is 624. The minimum atomic E-state index is -5.09. The first kappa shape index (κ1) is 14.4. The Morgan fingerprint density at radius 2 is 1.60 bits per heavy atom. The Morgan fingerprint density at radius 1 is 1.00 bits per heavy atom. The fourth-order valence-corrected chi connectivity index (χ4v) is 1.78. The maximum atomic E-state index is 12.8. The summed E-state index contributed by atoms with van der Waals surface area (Å²) in [5.41, 5.74) is -3.20. The van der Waals surface area contributed by atoms with Gasteiger partial charge in [0, 0.05) is 12.6 Å². The van der Waals surface area contributed by atoms with E-state index in [1.54, 1.807) is 0 Å². The second kappa shape index (κ2) is 4.53. The third-order valence-corrected chi connectivity index (χ3v) is 2.68. The fourth-order valence-electron chi connectivity index (χ4n) is 1.78. The predicted octanol–water partition coefficient (Wildman–Crippen LogP) is 3.92. The van der Waals surface area contributed by atoms with Crippen LogP contribution in [0.3, 0.4) is 0 Å². The van der Waals surface area contributed by atoms with Crippen molar-refractivity contribution in [1.82, 2.24) is 9.78 Å². The summed E-state index contributed by atoms with van der Waals surface area (Å²) in [6, 6.07) is 3.16. The second-order valence-electron chi connectivity index (χ2n) is 4.04. The highest BCUT2D eigenvalue weighted by molar-refractivity contribution is 5.61. The molecule has 2 rings (SSSR count). The van der Waals surface area contributed by atoms with Crippen molar-refractivity contribution >= 4 is 0 Å². The van der Waals surface area contributed by atoms with Gasteiger partial charge in [-0.2, -0.15) is 31.4 Å². The van der Waals surface area contributed by atoms with E-state index in [0.717, 1.165) is 6.07 Å². The van der Waals surface area contributed by atoms with Gasteiger partial charge < -0.3 is 0 Å². The number of benzene rings is 1. The van der Waals surface area contributed by atoms with Gasteiger partial charge in [0.2, 0.25) is 0 Å². The van der Waals surface area contributed by atoms with Crippen molar-refractivity contribution in [3.05, 3.63) is 41.6 Å². The predicted molar refractivity (Wildman–Crippen MR) is 57.5 cm³/mol.